The number of carbonyl (C=O) groups is 2. The summed E-state index contributed by atoms with van der Waals surface area (Å²) in [5.74, 6) is -0.270. The number of benzene rings is 1. The summed E-state index contributed by atoms with van der Waals surface area (Å²) >= 11 is 0. The molecular weight excluding hydrogens is 326 g/mol. The molecule has 5 nitrogen and oxygen atoms in total. The van der Waals surface area contributed by atoms with Gasteiger partial charge in [-0.05, 0) is 48.6 Å². The highest BCUT2D eigenvalue weighted by Gasteiger charge is 2.20. The molecule has 2 N–H and O–H groups in total. The molecule has 0 bridgehead atoms. The number of fused-ring (bicyclic) bond motifs is 1. The number of nitriles is 1. The Balaban J connectivity index is 2.40. The number of aryl methyl sites for hydroxylation is 1. The molecule has 1 aliphatic rings. The Kier molecular flexibility index (Phi) is 6.51. The van der Waals surface area contributed by atoms with Gasteiger partial charge in [0, 0.05) is 23.4 Å². The quantitative estimate of drug-likeness (QED) is 0.600. The molecule has 0 fully saturated rings. The second-order valence-corrected chi connectivity index (χ2v) is 6.00. The SMILES string of the molecule is C=C/C(CC)=C(\C=C/C)C(=O)Nc1cc(CC#N)c2c(c1)CCC(=O)N2. The van der Waals surface area contributed by atoms with E-state index < -0.39 is 0 Å². The molecule has 1 aliphatic heterocycles. The molecule has 0 aliphatic carbocycles. The first-order chi connectivity index (χ1) is 12.5. The Morgan fingerprint density at radius 1 is 1.42 bits per heavy atom. The molecule has 0 saturated heterocycles. The van der Waals surface area contributed by atoms with Crippen LogP contribution in [0.25, 0.3) is 0 Å². The molecule has 1 aromatic carbocycles. The van der Waals surface area contributed by atoms with Gasteiger partial charge in [-0.15, -0.1) is 0 Å². The minimum absolute atomic E-state index is 0.0506. The number of anilines is 2. The van der Waals surface area contributed by atoms with Crippen molar-refractivity contribution < 1.29 is 9.59 Å². The Bertz CT molecular complexity index is 842. The number of hydrogen-bond acceptors (Lipinski definition) is 3. The van der Waals surface area contributed by atoms with Crippen LogP contribution in [0.2, 0.25) is 0 Å². The second kappa shape index (κ2) is 8.82. The van der Waals surface area contributed by atoms with E-state index in [9.17, 15) is 9.59 Å². The number of hydrogen-bond donors (Lipinski definition) is 2. The van der Waals surface area contributed by atoms with Crippen LogP contribution in [-0.4, -0.2) is 11.8 Å². The summed E-state index contributed by atoms with van der Waals surface area (Å²) in [6.07, 6.45) is 7.13. The van der Waals surface area contributed by atoms with Gasteiger partial charge < -0.3 is 10.6 Å². The van der Waals surface area contributed by atoms with Crippen molar-refractivity contribution in [1.82, 2.24) is 0 Å². The van der Waals surface area contributed by atoms with E-state index in [4.69, 9.17) is 5.26 Å². The van der Waals surface area contributed by atoms with E-state index in [1.807, 2.05) is 26.0 Å². The molecule has 0 aromatic heterocycles. The zero-order chi connectivity index (χ0) is 19.1. The molecule has 2 amide bonds. The highest BCUT2D eigenvalue weighted by atomic mass is 16.2. The molecule has 2 rings (SSSR count). The predicted molar refractivity (Wildman–Crippen MR) is 104 cm³/mol. The first kappa shape index (κ1) is 19.2. The lowest BCUT2D eigenvalue weighted by molar-refractivity contribution is -0.116. The van der Waals surface area contributed by atoms with E-state index in [0.717, 1.165) is 11.1 Å². The van der Waals surface area contributed by atoms with Crippen molar-refractivity contribution in [3.05, 3.63) is 59.2 Å². The van der Waals surface area contributed by atoms with Gasteiger partial charge in [0.05, 0.1) is 12.5 Å². The number of nitrogens with zero attached hydrogens (tertiary/aromatic N) is 1. The van der Waals surface area contributed by atoms with E-state index >= 15 is 0 Å². The summed E-state index contributed by atoms with van der Waals surface area (Å²) < 4.78 is 0. The van der Waals surface area contributed by atoms with E-state index in [1.54, 1.807) is 18.2 Å². The summed E-state index contributed by atoms with van der Waals surface area (Å²) in [4.78, 5) is 24.4. The monoisotopic (exact) mass is 349 g/mol. The zero-order valence-corrected chi connectivity index (χ0v) is 15.2. The molecule has 0 unspecified atom stereocenters. The fourth-order valence-electron chi connectivity index (χ4n) is 3.01. The van der Waals surface area contributed by atoms with E-state index in [-0.39, 0.29) is 18.2 Å². The van der Waals surface area contributed by atoms with Crippen LogP contribution in [0.5, 0.6) is 0 Å². The molecule has 1 aromatic rings. The molecule has 134 valence electrons. The molecule has 0 radical (unpaired) electrons. The van der Waals surface area contributed by atoms with Crippen LogP contribution in [-0.2, 0) is 22.4 Å². The summed E-state index contributed by atoms with van der Waals surface area (Å²) in [5.41, 5.74) is 4.40. The van der Waals surface area contributed by atoms with Crippen molar-refractivity contribution in [2.24, 2.45) is 0 Å². The predicted octanol–water partition coefficient (Wildman–Crippen LogP) is 4.04. The van der Waals surface area contributed by atoms with Gasteiger partial charge in [-0.3, -0.25) is 9.59 Å². The van der Waals surface area contributed by atoms with Gasteiger partial charge in [0.15, 0.2) is 0 Å². The van der Waals surface area contributed by atoms with Crippen molar-refractivity contribution in [3.63, 3.8) is 0 Å². The lowest BCUT2D eigenvalue weighted by atomic mass is 9.96. The van der Waals surface area contributed by atoms with Gasteiger partial charge in [0.25, 0.3) is 5.91 Å². The molecule has 26 heavy (non-hydrogen) atoms. The number of allylic oxidation sites excluding steroid dienone is 3. The van der Waals surface area contributed by atoms with Crippen LogP contribution in [0.4, 0.5) is 11.4 Å². The van der Waals surface area contributed by atoms with Gasteiger partial charge in [0.1, 0.15) is 0 Å². The largest absolute Gasteiger partial charge is 0.326 e. The average Bonchev–Trinajstić information content (AvgIpc) is 2.62. The summed E-state index contributed by atoms with van der Waals surface area (Å²) in [6.45, 7) is 7.61. The van der Waals surface area contributed by atoms with Crippen molar-refractivity contribution in [1.29, 1.82) is 5.26 Å². The fourth-order valence-corrected chi connectivity index (χ4v) is 3.01. The second-order valence-electron chi connectivity index (χ2n) is 6.00. The maximum atomic E-state index is 12.7. The minimum Gasteiger partial charge on any atom is -0.326 e. The molecule has 0 spiro atoms. The lowest BCUT2D eigenvalue weighted by Gasteiger charge is -2.21. The number of nitrogens with one attached hydrogen (secondary N) is 2. The highest BCUT2D eigenvalue weighted by Crippen LogP contribution is 2.31. The third kappa shape index (κ3) is 4.28. The smallest absolute Gasteiger partial charge is 0.255 e. The Morgan fingerprint density at radius 2 is 2.19 bits per heavy atom. The van der Waals surface area contributed by atoms with Crippen LogP contribution in [0.1, 0.15) is 37.8 Å². The fraction of sp³-hybridized carbons (Fsp3) is 0.286. The Labute approximate surface area is 154 Å². The van der Waals surface area contributed by atoms with Crippen LogP contribution in [0.15, 0.2) is 48.1 Å². The van der Waals surface area contributed by atoms with Crippen LogP contribution < -0.4 is 10.6 Å². The number of carbonyl (C=O) groups excluding carboxylic acids is 2. The number of amides is 2. The normalized spacial score (nSPS) is 14.1. The third-order valence-electron chi connectivity index (χ3n) is 4.27. The van der Waals surface area contributed by atoms with Gasteiger partial charge in [-0.25, -0.2) is 0 Å². The minimum atomic E-state index is -0.220. The van der Waals surface area contributed by atoms with E-state index in [0.29, 0.717) is 41.8 Å². The van der Waals surface area contributed by atoms with Crippen LogP contribution in [0.3, 0.4) is 0 Å². The van der Waals surface area contributed by atoms with Gasteiger partial charge in [-0.2, -0.15) is 5.26 Å². The molecule has 5 heteroatoms. The maximum absolute atomic E-state index is 12.7. The van der Waals surface area contributed by atoms with Crippen molar-refractivity contribution >= 4 is 23.2 Å². The summed E-state index contributed by atoms with van der Waals surface area (Å²) in [6, 6.07) is 5.72. The number of rotatable bonds is 6. The molecule has 1 heterocycles. The molecule has 0 atom stereocenters. The van der Waals surface area contributed by atoms with Crippen LogP contribution >= 0.6 is 0 Å². The lowest BCUT2D eigenvalue weighted by Crippen LogP contribution is -2.21. The highest BCUT2D eigenvalue weighted by molar-refractivity contribution is 6.07. The summed E-state index contributed by atoms with van der Waals surface area (Å²) in [5, 5.41) is 14.8. The molecular formula is C21H23N3O2. The van der Waals surface area contributed by atoms with Gasteiger partial charge >= 0.3 is 0 Å². The topological polar surface area (TPSA) is 82.0 Å². The zero-order valence-electron chi connectivity index (χ0n) is 15.2. The Hall–Kier alpha value is -3.13. The van der Waals surface area contributed by atoms with Crippen molar-refractivity contribution in [2.45, 2.75) is 39.5 Å². The van der Waals surface area contributed by atoms with Gasteiger partial charge in [0.2, 0.25) is 5.91 Å². The molecule has 0 saturated carbocycles. The van der Waals surface area contributed by atoms with Crippen molar-refractivity contribution in [3.8, 4) is 6.07 Å². The van der Waals surface area contributed by atoms with E-state index in [1.165, 1.54) is 0 Å². The third-order valence-corrected chi connectivity index (χ3v) is 4.27. The van der Waals surface area contributed by atoms with E-state index in [2.05, 4.69) is 23.3 Å². The van der Waals surface area contributed by atoms with Gasteiger partial charge in [-0.1, -0.05) is 31.7 Å². The Morgan fingerprint density at radius 3 is 2.81 bits per heavy atom. The average molecular weight is 349 g/mol. The maximum Gasteiger partial charge on any atom is 0.255 e. The van der Waals surface area contributed by atoms with Crippen molar-refractivity contribution in [2.75, 3.05) is 10.6 Å². The first-order valence-electron chi connectivity index (χ1n) is 8.66. The first-order valence-corrected chi connectivity index (χ1v) is 8.66. The summed E-state index contributed by atoms with van der Waals surface area (Å²) in [7, 11) is 0. The van der Waals surface area contributed by atoms with Crippen LogP contribution in [0, 0.1) is 11.3 Å². The standard InChI is InChI=1S/C21H23N3O2/c1-4-7-18(14(5-2)6-3)21(26)23-17-12-15-8-9-19(25)24-20(15)16(13-17)10-11-22/h4-5,7,12-13H,2,6,8-10H2,1,3H3,(H,23,26)(H,24,25)/b7-4-,18-14-.